The lowest BCUT2D eigenvalue weighted by atomic mass is 10.1. The summed E-state index contributed by atoms with van der Waals surface area (Å²) in [4.78, 5) is 23.0. The van der Waals surface area contributed by atoms with E-state index in [9.17, 15) is 18.0 Å². The molecule has 1 aromatic carbocycles. The van der Waals surface area contributed by atoms with Gasteiger partial charge in [0, 0.05) is 19.0 Å². The highest BCUT2D eigenvalue weighted by Gasteiger charge is 2.18. The van der Waals surface area contributed by atoms with E-state index in [1.54, 1.807) is 24.3 Å². The molecule has 1 saturated heterocycles. The van der Waals surface area contributed by atoms with Crippen molar-refractivity contribution >= 4 is 34.1 Å². The summed E-state index contributed by atoms with van der Waals surface area (Å²) in [5, 5.41) is 6.15. The molecule has 1 heterocycles. The van der Waals surface area contributed by atoms with Gasteiger partial charge in [0.2, 0.25) is 5.91 Å². The molecule has 0 aliphatic carbocycles. The Morgan fingerprint density at radius 1 is 1.23 bits per heavy atom. The van der Waals surface area contributed by atoms with E-state index in [0.29, 0.717) is 18.5 Å². The summed E-state index contributed by atoms with van der Waals surface area (Å²) in [6.07, 6.45) is 2.62. The molecule has 1 fully saturated rings. The monoisotopic (exact) mass is 404 g/mol. The first-order chi connectivity index (χ1) is 11.9. The summed E-state index contributed by atoms with van der Waals surface area (Å²) in [6.45, 7) is 1.37. The second-order valence-electron chi connectivity index (χ2n) is 6.20. The third-order valence-corrected chi connectivity index (χ3v) is 5.51. The number of carbonyl (C=O) groups is 2. The first-order valence-corrected chi connectivity index (χ1v) is 10.1. The second kappa shape index (κ2) is 10.5. The maximum atomic E-state index is 11.9. The number of rotatable bonds is 8. The zero-order valence-electron chi connectivity index (χ0n) is 14.7. The van der Waals surface area contributed by atoms with Crippen molar-refractivity contribution in [3.63, 3.8) is 0 Å². The minimum Gasteiger partial charge on any atom is -0.468 e. The lowest BCUT2D eigenvalue weighted by Crippen LogP contribution is -2.31. The van der Waals surface area contributed by atoms with Crippen molar-refractivity contribution in [2.24, 2.45) is 0 Å². The van der Waals surface area contributed by atoms with Crippen LogP contribution in [-0.2, 0) is 36.5 Å². The predicted octanol–water partition coefficient (Wildman–Crippen LogP) is 0.955. The minimum absolute atomic E-state index is 0. The van der Waals surface area contributed by atoms with Crippen molar-refractivity contribution in [2.75, 3.05) is 19.4 Å². The van der Waals surface area contributed by atoms with Gasteiger partial charge in [0.15, 0.2) is 9.84 Å². The molecule has 26 heavy (non-hydrogen) atoms. The van der Waals surface area contributed by atoms with E-state index in [1.807, 2.05) is 0 Å². The van der Waals surface area contributed by atoms with Gasteiger partial charge in [0.1, 0.15) is 5.75 Å². The topological polar surface area (TPSA) is 102 Å². The number of benzene rings is 1. The van der Waals surface area contributed by atoms with Gasteiger partial charge in [-0.25, -0.2) is 8.42 Å². The van der Waals surface area contributed by atoms with Crippen LogP contribution in [0.25, 0.3) is 0 Å². The van der Waals surface area contributed by atoms with Crippen molar-refractivity contribution < 1.29 is 22.7 Å². The van der Waals surface area contributed by atoms with Crippen LogP contribution in [0.4, 0.5) is 0 Å². The molecule has 146 valence electrons. The summed E-state index contributed by atoms with van der Waals surface area (Å²) < 4.78 is 28.1. The average Bonchev–Trinajstić information content (AvgIpc) is 3.06. The molecule has 0 bridgehead atoms. The minimum atomic E-state index is -3.55. The number of carbonyl (C=O) groups excluding carboxylic acids is 2. The van der Waals surface area contributed by atoms with Crippen molar-refractivity contribution in [1.29, 1.82) is 0 Å². The Balaban J connectivity index is 0.00000338. The summed E-state index contributed by atoms with van der Waals surface area (Å²) in [5.74, 6) is -1.61. The van der Waals surface area contributed by atoms with Crippen LogP contribution in [0.2, 0.25) is 0 Å². The van der Waals surface area contributed by atoms with Crippen molar-refractivity contribution in [3.8, 4) is 0 Å². The fourth-order valence-corrected chi connectivity index (χ4v) is 4.00. The first-order valence-electron chi connectivity index (χ1n) is 8.23. The van der Waals surface area contributed by atoms with Crippen LogP contribution in [0.1, 0.15) is 30.4 Å². The van der Waals surface area contributed by atoms with Gasteiger partial charge in [0.25, 0.3) is 0 Å². The number of ether oxygens (including phenoxy) is 1. The quantitative estimate of drug-likeness (QED) is 0.625. The number of hydrogen-bond acceptors (Lipinski definition) is 6. The van der Waals surface area contributed by atoms with Gasteiger partial charge in [-0.15, -0.1) is 12.4 Å². The van der Waals surface area contributed by atoms with Gasteiger partial charge >= 0.3 is 5.97 Å². The fraction of sp³-hybridized carbons (Fsp3) is 0.529. The highest BCUT2D eigenvalue weighted by atomic mass is 35.5. The maximum absolute atomic E-state index is 11.9. The summed E-state index contributed by atoms with van der Waals surface area (Å²) in [7, 11) is -2.39. The Bertz CT molecular complexity index is 700. The van der Waals surface area contributed by atoms with Crippen molar-refractivity contribution in [3.05, 3.63) is 35.4 Å². The predicted molar refractivity (Wildman–Crippen MR) is 101 cm³/mol. The number of methoxy groups -OCH3 is 1. The molecular formula is C17H25ClN2O5S. The zero-order valence-corrected chi connectivity index (χ0v) is 16.3. The number of halogens is 1. The molecule has 0 spiro atoms. The molecule has 2 rings (SSSR count). The third kappa shape index (κ3) is 7.72. The number of nitrogens with one attached hydrogen (secondary N) is 2. The van der Waals surface area contributed by atoms with Gasteiger partial charge in [-0.05, 0) is 30.5 Å². The molecule has 1 amide bonds. The molecule has 1 aromatic rings. The largest absolute Gasteiger partial charge is 0.468 e. The van der Waals surface area contributed by atoms with Crippen LogP contribution >= 0.6 is 12.4 Å². The Morgan fingerprint density at radius 3 is 2.46 bits per heavy atom. The van der Waals surface area contributed by atoms with Crippen LogP contribution in [-0.4, -0.2) is 45.7 Å². The van der Waals surface area contributed by atoms with E-state index in [4.69, 9.17) is 0 Å². The summed E-state index contributed by atoms with van der Waals surface area (Å²) in [6, 6.07) is 7.19. The highest BCUT2D eigenvalue weighted by Crippen LogP contribution is 2.11. The van der Waals surface area contributed by atoms with E-state index in [1.165, 1.54) is 0 Å². The standard InChI is InChI=1S/C17H24N2O5S.ClH/c1-24-17(21)12-25(22,23)11-14-6-4-13(5-7-14)10-19-16(20)9-15-3-2-8-18-15;/h4-7,15,18H,2-3,8-12H2,1H3,(H,19,20);1H. The molecule has 1 aliphatic rings. The van der Waals surface area contributed by atoms with Crippen molar-refractivity contribution in [1.82, 2.24) is 10.6 Å². The van der Waals surface area contributed by atoms with Crippen LogP contribution in [0.3, 0.4) is 0 Å². The molecule has 0 radical (unpaired) electrons. The second-order valence-corrected chi connectivity index (χ2v) is 8.26. The number of sulfone groups is 1. The van der Waals surface area contributed by atoms with Crippen molar-refractivity contribution in [2.45, 2.75) is 37.6 Å². The molecule has 7 nitrogen and oxygen atoms in total. The van der Waals surface area contributed by atoms with Gasteiger partial charge in [-0.3, -0.25) is 9.59 Å². The van der Waals surface area contributed by atoms with Crippen LogP contribution in [0, 0.1) is 0 Å². The molecule has 2 N–H and O–H groups in total. The Hall–Kier alpha value is -1.64. The molecule has 1 aliphatic heterocycles. The SMILES string of the molecule is COC(=O)CS(=O)(=O)Cc1ccc(CNC(=O)CC2CCCN2)cc1.Cl. The molecule has 0 saturated carbocycles. The molecular weight excluding hydrogens is 380 g/mol. The van der Waals surface area contributed by atoms with Gasteiger partial charge in [-0.2, -0.15) is 0 Å². The van der Waals surface area contributed by atoms with E-state index >= 15 is 0 Å². The third-order valence-electron chi connectivity index (χ3n) is 4.06. The normalized spacial score (nSPS) is 16.6. The molecule has 1 unspecified atom stereocenters. The number of hydrogen-bond donors (Lipinski definition) is 2. The van der Waals surface area contributed by atoms with Crippen LogP contribution < -0.4 is 10.6 Å². The maximum Gasteiger partial charge on any atom is 0.320 e. The summed E-state index contributed by atoms with van der Waals surface area (Å²) in [5.41, 5.74) is 1.48. The van der Waals surface area contributed by atoms with Crippen LogP contribution in [0.5, 0.6) is 0 Å². The lowest BCUT2D eigenvalue weighted by molar-refractivity contribution is -0.137. The van der Waals surface area contributed by atoms with E-state index in [-0.39, 0.29) is 30.1 Å². The molecule has 0 aromatic heterocycles. The molecule has 1 atom stereocenters. The van der Waals surface area contributed by atoms with Crippen LogP contribution in [0.15, 0.2) is 24.3 Å². The summed E-state index contributed by atoms with van der Waals surface area (Å²) >= 11 is 0. The first kappa shape index (κ1) is 22.4. The smallest absolute Gasteiger partial charge is 0.320 e. The number of amides is 1. The van der Waals surface area contributed by atoms with E-state index < -0.39 is 21.6 Å². The van der Waals surface area contributed by atoms with Gasteiger partial charge in [0.05, 0.1) is 12.9 Å². The zero-order chi connectivity index (χ0) is 18.3. The highest BCUT2D eigenvalue weighted by molar-refractivity contribution is 7.91. The van der Waals surface area contributed by atoms with Gasteiger partial charge < -0.3 is 15.4 Å². The fourth-order valence-electron chi connectivity index (χ4n) is 2.72. The Labute approximate surface area is 160 Å². The lowest BCUT2D eigenvalue weighted by Gasteiger charge is -2.11. The van der Waals surface area contributed by atoms with E-state index in [2.05, 4.69) is 15.4 Å². The van der Waals surface area contributed by atoms with Gasteiger partial charge in [-0.1, -0.05) is 24.3 Å². The Morgan fingerprint density at radius 2 is 1.88 bits per heavy atom. The Kier molecular flexibility index (Phi) is 9.04. The average molecular weight is 405 g/mol. The van der Waals surface area contributed by atoms with E-state index in [0.717, 1.165) is 32.1 Å². The number of esters is 1. The molecule has 9 heteroatoms.